The Hall–Kier alpha value is -2.42. The van der Waals surface area contributed by atoms with E-state index in [0.29, 0.717) is 18.1 Å². The molecule has 3 aliphatic rings. The molecule has 3 amide bonds. The van der Waals surface area contributed by atoms with Gasteiger partial charge in [0.1, 0.15) is 12.2 Å². The average molecular weight is 403 g/mol. The Morgan fingerprint density at radius 2 is 2.11 bits per heavy atom. The second-order valence-electron chi connectivity index (χ2n) is 7.26. The molecule has 2 saturated heterocycles. The van der Waals surface area contributed by atoms with Gasteiger partial charge in [0.05, 0.1) is 6.54 Å². The van der Waals surface area contributed by atoms with Crippen molar-refractivity contribution in [3.8, 4) is 0 Å². The summed E-state index contributed by atoms with van der Waals surface area (Å²) in [6.45, 7) is 6.84. The van der Waals surface area contributed by atoms with Gasteiger partial charge in [-0.15, -0.1) is 6.58 Å². The number of imide groups is 1. The van der Waals surface area contributed by atoms with Crippen LogP contribution in [0.15, 0.2) is 42.0 Å². The summed E-state index contributed by atoms with van der Waals surface area (Å²) in [4.78, 5) is 30.6. The summed E-state index contributed by atoms with van der Waals surface area (Å²) in [5.41, 5.74) is 1.84. The lowest BCUT2D eigenvalue weighted by Gasteiger charge is -2.42. The minimum Gasteiger partial charge on any atom is -0.310 e. The number of likely N-dealkylation sites (N-methyl/N-ethyl adjacent to an activating group) is 1. The Balaban J connectivity index is 1.65. The Morgan fingerprint density at radius 3 is 2.82 bits per heavy atom. The maximum Gasteiger partial charge on any atom is 0.328 e. The van der Waals surface area contributed by atoms with Crippen molar-refractivity contribution in [3.63, 3.8) is 0 Å². The van der Waals surface area contributed by atoms with Crippen molar-refractivity contribution < 1.29 is 9.59 Å². The van der Waals surface area contributed by atoms with E-state index in [1.54, 1.807) is 18.0 Å². The van der Waals surface area contributed by atoms with Crippen molar-refractivity contribution in [2.75, 3.05) is 20.1 Å². The molecule has 0 aromatic heterocycles. The third-order valence-corrected chi connectivity index (χ3v) is 5.72. The highest BCUT2D eigenvalue weighted by Crippen LogP contribution is 2.31. The molecule has 8 nitrogen and oxygen atoms in total. The lowest BCUT2D eigenvalue weighted by molar-refractivity contribution is -0.138. The molecule has 28 heavy (non-hydrogen) atoms. The number of hydrogen-bond donors (Lipinski definition) is 1. The fourth-order valence-electron chi connectivity index (χ4n) is 4.07. The second kappa shape index (κ2) is 7.20. The number of halogens is 1. The molecule has 2 fully saturated rings. The number of fused-ring (bicyclic) bond motifs is 3. The molecule has 0 bridgehead atoms. The molecule has 0 aliphatic carbocycles. The molecular formula is C19H23ClN6O2. The molecule has 0 radical (unpaired) electrons. The van der Waals surface area contributed by atoms with E-state index >= 15 is 0 Å². The predicted octanol–water partition coefficient (Wildman–Crippen LogP) is 1.49. The molecule has 1 N–H and O–H groups in total. The van der Waals surface area contributed by atoms with Gasteiger partial charge in [-0.1, -0.05) is 35.9 Å². The maximum atomic E-state index is 13.1. The van der Waals surface area contributed by atoms with E-state index < -0.39 is 12.2 Å². The minimum absolute atomic E-state index is 0.195. The molecule has 3 atom stereocenters. The van der Waals surface area contributed by atoms with Crippen LogP contribution in [-0.2, 0) is 11.3 Å². The van der Waals surface area contributed by atoms with Crippen LogP contribution in [0.2, 0.25) is 5.02 Å². The van der Waals surface area contributed by atoms with Gasteiger partial charge in [0.15, 0.2) is 6.29 Å². The van der Waals surface area contributed by atoms with Gasteiger partial charge >= 0.3 is 6.03 Å². The van der Waals surface area contributed by atoms with Gasteiger partial charge in [0.25, 0.3) is 5.91 Å². The first kappa shape index (κ1) is 18.9. The van der Waals surface area contributed by atoms with Crippen LogP contribution in [0.1, 0.15) is 12.5 Å². The van der Waals surface area contributed by atoms with Gasteiger partial charge in [0.2, 0.25) is 0 Å². The van der Waals surface area contributed by atoms with Crippen molar-refractivity contribution in [2.45, 2.75) is 32.0 Å². The number of amides is 3. The zero-order valence-electron chi connectivity index (χ0n) is 15.9. The summed E-state index contributed by atoms with van der Waals surface area (Å²) in [5, 5.41) is 10.7. The third-order valence-electron chi connectivity index (χ3n) is 5.35. The molecule has 0 saturated carbocycles. The standard InChI is InChI=1S/C19H23ClN6O2/c1-4-9-24-17(27)15-16(23(3)19(24)28)21-18-25(15)10-12(2)22-26(18)11-13-7-5-6-8-14(13)20/h4-8,15-16,18,21H,1,9-11H2,2-3H3. The van der Waals surface area contributed by atoms with E-state index in [0.717, 1.165) is 11.3 Å². The fourth-order valence-corrected chi connectivity index (χ4v) is 4.26. The monoisotopic (exact) mass is 402 g/mol. The van der Waals surface area contributed by atoms with E-state index in [-0.39, 0.29) is 24.8 Å². The Labute approximate surface area is 169 Å². The summed E-state index contributed by atoms with van der Waals surface area (Å²) in [7, 11) is 1.71. The van der Waals surface area contributed by atoms with E-state index in [2.05, 4.69) is 21.9 Å². The van der Waals surface area contributed by atoms with Crippen molar-refractivity contribution in [3.05, 3.63) is 47.5 Å². The van der Waals surface area contributed by atoms with Crippen LogP contribution >= 0.6 is 11.6 Å². The lowest BCUT2D eigenvalue weighted by atomic mass is 10.1. The van der Waals surface area contributed by atoms with Gasteiger partial charge in [-0.3, -0.25) is 20.0 Å². The van der Waals surface area contributed by atoms with Gasteiger partial charge in [-0.2, -0.15) is 5.10 Å². The number of carbonyl (C=O) groups excluding carboxylic acids is 2. The molecule has 3 aliphatic heterocycles. The summed E-state index contributed by atoms with van der Waals surface area (Å²) < 4.78 is 0. The van der Waals surface area contributed by atoms with Gasteiger partial charge in [-0.05, 0) is 18.6 Å². The maximum absolute atomic E-state index is 13.1. The Morgan fingerprint density at radius 1 is 1.36 bits per heavy atom. The number of hydrogen-bond acceptors (Lipinski definition) is 6. The first-order chi connectivity index (χ1) is 13.4. The average Bonchev–Trinajstić information content (AvgIpc) is 3.05. The van der Waals surface area contributed by atoms with Crippen LogP contribution in [0.3, 0.4) is 0 Å². The van der Waals surface area contributed by atoms with Crippen molar-refractivity contribution in [2.24, 2.45) is 5.10 Å². The van der Waals surface area contributed by atoms with Gasteiger partial charge in [0, 0.05) is 30.9 Å². The molecule has 148 valence electrons. The fraction of sp³-hybridized carbons (Fsp3) is 0.421. The zero-order chi connectivity index (χ0) is 20.0. The SMILES string of the molecule is C=CCN1C(=O)C2C(NC3N(Cc4ccccc4Cl)N=C(C)CN23)N(C)C1=O. The molecule has 4 rings (SSSR count). The predicted molar refractivity (Wildman–Crippen MR) is 106 cm³/mol. The van der Waals surface area contributed by atoms with E-state index in [4.69, 9.17) is 11.6 Å². The van der Waals surface area contributed by atoms with Crippen LogP contribution in [0.4, 0.5) is 4.79 Å². The summed E-state index contributed by atoms with van der Waals surface area (Å²) in [6, 6.07) is 6.82. The number of nitrogens with zero attached hydrogens (tertiary/aromatic N) is 5. The zero-order valence-corrected chi connectivity index (χ0v) is 16.6. The number of hydrazone groups is 1. The molecule has 3 heterocycles. The topological polar surface area (TPSA) is 71.5 Å². The van der Waals surface area contributed by atoms with Crippen LogP contribution < -0.4 is 5.32 Å². The quantitative estimate of drug-likeness (QED) is 0.773. The number of rotatable bonds is 4. The van der Waals surface area contributed by atoms with E-state index in [9.17, 15) is 9.59 Å². The normalized spacial score (nSPS) is 27.6. The highest BCUT2D eigenvalue weighted by Gasteiger charge is 2.56. The second-order valence-corrected chi connectivity index (χ2v) is 7.66. The lowest BCUT2D eigenvalue weighted by Crippen LogP contribution is -2.66. The number of nitrogens with one attached hydrogen (secondary N) is 1. The van der Waals surface area contributed by atoms with Gasteiger partial charge < -0.3 is 4.90 Å². The van der Waals surface area contributed by atoms with Crippen molar-refractivity contribution in [1.82, 2.24) is 25.0 Å². The Bertz CT molecular complexity index is 859. The summed E-state index contributed by atoms with van der Waals surface area (Å²) in [6.07, 6.45) is 0.843. The molecule has 9 heteroatoms. The molecule has 3 unspecified atom stereocenters. The van der Waals surface area contributed by atoms with Crippen LogP contribution in [0.25, 0.3) is 0 Å². The first-order valence-corrected chi connectivity index (χ1v) is 9.55. The van der Waals surface area contributed by atoms with E-state index in [1.807, 2.05) is 36.2 Å². The minimum atomic E-state index is -0.480. The smallest absolute Gasteiger partial charge is 0.310 e. The van der Waals surface area contributed by atoms with E-state index in [1.165, 1.54) is 4.90 Å². The van der Waals surface area contributed by atoms with Crippen LogP contribution in [-0.4, -0.2) is 76.0 Å². The number of urea groups is 1. The largest absolute Gasteiger partial charge is 0.328 e. The number of carbonyl (C=O) groups is 2. The van der Waals surface area contributed by atoms with Crippen molar-refractivity contribution >= 4 is 29.3 Å². The van der Waals surface area contributed by atoms with Gasteiger partial charge in [-0.25, -0.2) is 9.69 Å². The molecule has 1 aromatic carbocycles. The highest BCUT2D eigenvalue weighted by molar-refractivity contribution is 6.31. The first-order valence-electron chi connectivity index (χ1n) is 9.17. The third kappa shape index (κ3) is 2.97. The van der Waals surface area contributed by atoms with Crippen molar-refractivity contribution in [1.29, 1.82) is 0 Å². The number of benzene rings is 1. The highest BCUT2D eigenvalue weighted by atomic mass is 35.5. The van der Waals surface area contributed by atoms with Crippen LogP contribution in [0.5, 0.6) is 0 Å². The molecule has 1 aromatic rings. The Kier molecular flexibility index (Phi) is 4.86. The van der Waals surface area contributed by atoms with Crippen LogP contribution in [0, 0.1) is 0 Å². The summed E-state index contributed by atoms with van der Waals surface area (Å²) >= 11 is 6.33. The molecule has 0 spiro atoms. The molecular weight excluding hydrogens is 380 g/mol. The summed E-state index contributed by atoms with van der Waals surface area (Å²) in [5.74, 6) is -0.213.